The van der Waals surface area contributed by atoms with E-state index in [9.17, 15) is 4.39 Å². The van der Waals surface area contributed by atoms with Gasteiger partial charge >= 0.3 is 0 Å². The van der Waals surface area contributed by atoms with Gasteiger partial charge in [0.1, 0.15) is 6.17 Å². The molecule has 1 saturated heterocycles. The smallest absolute Gasteiger partial charge is 0.231 e. The highest BCUT2D eigenvalue weighted by molar-refractivity contribution is 5.45. The number of nitrogens with zero attached hydrogens (tertiary/aromatic N) is 1. The standard InChI is InChI=1S/C14H18FNO2/c1-10(16-6-2-3-7-16)14(15)11-4-5-12-13(8-11)18-9-17-12/h4-5,8,10,14H,2-3,6-7,9H2,1H3/t10-,14+/m0/s1. The second kappa shape index (κ2) is 4.76. The Morgan fingerprint density at radius 2 is 1.89 bits per heavy atom. The molecule has 0 bridgehead atoms. The van der Waals surface area contributed by atoms with Crippen LogP contribution in [0.4, 0.5) is 4.39 Å². The molecule has 1 aromatic rings. The molecular weight excluding hydrogens is 233 g/mol. The molecule has 0 amide bonds. The Balaban J connectivity index is 1.77. The molecule has 1 fully saturated rings. The molecular formula is C14H18FNO2. The van der Waals surface area contributed by atoms with Crippen molar-refractivity contribution < 1.29 is 13.9 Å². The molecule has 0 aliphatic carbocycles. The quantitative estimate of drug-likeness (QED) is 0.824. The SMILES string of the molecule is C[C@@H]([C@@H](F)c1ccc2c(c1)OCO2)N1CCCC1. The Hall–Kier alpha value is -1.29. The number of likely N-dealkylation sites (tertiary alicyclic amines) is 1. The number of fused-ring (bicyclic) bond motifs is 1. The van der Waals surface area contributed by atoms with Gasteiger partial charge in [-0.3, -0.25) is 4.90 Å². The summed E-state index contributed by atoms with van der Waals surface area (Å²) in [6.45, 7) is 4.20. The summed E-state index contributed by atoms with van der Waals surface area (Å²) in [5.41, 5.74) is 0.679. The van der Waals surface area contributed by atoms with Crippen LogP contribution in [0.3, 0.4) is 0 Å². The highest BCUT2D eigenvalue weighted by Crippen LogP contribution is 2.36. The fraction of sp³-hybridized carbons (Fsp3) is 0.571. The van der Waals surface area contributed by atoms with Crippen LogP contribution >= 0.6 is 0 Å². The van der Waals surface area contributed by atoms with E-state index in [1.54, 1.807) is 18.2 Å². The number of benzene rings is 1. The third kappa shape index (κ3) is 2.05. The molecule has 0 radical (unpaired) electrons. The summed E-state index contributed by atoms with van der Waals surface area (Å²) in [5, 5.41) is 0. The fourth-order valence-electron chi connectivity index (χ4n) is 2.70. The van der Waals surface area contributed by atoms with Crippen molar-refractivity contribution in [3.8, 4) is 11.5 Å². The van der Waals surface area contributed by atoms with Crippen molar-refractivity contribution >= 4 is 0 Å². The number of hydrogen-bond acceptors (Lipinski definition) is 3. The lowest BCUT2D eigenvalue weighted by Gasteiger charge is -2.27. The van der Waals surface area contributed by atoms with E-state index in [-0.39, 0.29) is 12.8 Å². The Morgan fingerprint density at radius 3 is 2.67 bits per heavy atom. The maximum Gasteiger partial charge on any atom is 0.231 e. The molecule has 0 N–H and O–H groups in total. The minimum absolute atomic E-state index is 0.0760. The van der Waals surface area contributed by atoms with Gasteiger partial charge in [-0.1, -0.05) is 6.07 Å². The number of alkyl halides is 1. The molecule has 2 atom stereocenters. The largest absolute Gasteiger partial charge is 0.454 e. The summed E-state index contributed by atoms with van der Waals surface area (Å²) in [4.78, 5) is 2.22. The monoisotopic (exact) mass is 251 g/mol. The normalized spacial score (nSPS) is 22.1. The van der Waals surface area contributed by atoms with Gasteiger partial charge in [-0.25, -0.2) is 4.39 Å². The zero-order valence-corrected chi connectivity index (χ0v) is 10.6. The van der Waals surface area contributed by atoms with E-state index in [4.69, 9.17) is 9.47 Å². The average molecular weight is 251 g/mol. The zero-order chi connectivity index (χ0) is 12.5. The number of ether oxygens (including phenoxy) is 2. The predicted molar refractivity (Wildman–Crippen MR) is 66.7 cm³/mol. The van der Waals surface area contributed by atoms with Gasteiger partial charge in [-0.2, -0.15) is 0 Å². The van der Waals surface area contributed by atoms with Crippen LogP contribution in [0.2, 0.25) is 0 Å². The average Bonchev–Trinajstić information content (AvgIpc) is 3.06. The molecule has 2 heterocycles. The molecule has 0 unspecified atom stereocenters. The lowest BCUT2D eigenvalue weighted by molar-refractivity contribution is 0.147. The van der Waals surface area contributed by atoms with Crippen LogP contribution in [0.1, 0.15) is 31.5 Å². The zero-order valence-electron chi connectivity index (χ0n) is 10.6. The lowest BCUT2D eigenvalue weighted by Crippen LogP contribution is -2.33. The van der Waals surface area contributed by atoms with E-state index in [0.29, 0.717) is 17.1 Å². The van der Waals surface area contributed by atoms with Crippen LogP contribution < -0.4 is 9.47 Å². The Kier molecular flexibility index (Phi) is 3.12. The van der Waals surface area contributed by atoms with Crippen LogP contribution in [0.5, 0.6) is 11.5 Å². The van der Waals surface area contributed by atoms with Gasteiger partial charge in [0.15, 0.2) is 11.5 Å². The van der Waals surface area contributed by atoms with E-state index >= 15 is 0 Å². The summed E-state index contributed by atoms with van der Waals surface area (Å²) in [6.07, 6.45) is 1.38. The van der Waals surface area contributed by atoms with Gasteiger partial charge in [0.25, 0.3) is 0 Å². The van der Waals surface area contributed by atoms with Gasteiger partial charge in [-0.05, 0) is 50.6 Å². The van der Waals surface area contributed by atoms with Crippen molar-refractivity contribution in [2.75, 3.05) is 19.9 Å². The molecule has 98 valence electrons. The van der Waals surface area contributed by atoms with E-state index in [1.165, 1.54) is 12.8 Å². The molecule has 0 aromatic heterocycles. The van der Waals surface area contributed by atoms with E-state index in [0.717, 1.165) is 13.1 Å². The van der Waals surface area contributed by atoms with Crippen LogP contribution in [0.25, 0.3) is 0 Å². The fourth-order valence-corrected chi connectivity index (χ4v) is 2.70. The second-order valence-electron chi connectivity index (χ2n) is 5.00. The first-order valence-corrected chi connectivity index (χ1v) is 6.53. The Labute approximate surface area is 106 Å². The van der Waals surface area contributed by atoms with Gasteiger partial charge in [0.2, 0.25) is 6.79 Å². The molecule has 18 heavy (non-hydrogen) atoms. The maximum absolute atomic E-state index is 14.5. The first-order chi connectivity index (χ1) is 8.75. The van der Waals surface area contributed by atoms with Crippen LogP contribution in [0, 0.1) is 0 Å². The van der Waals surface area contributed by atoms with Crippen molar-refractivity contribution in [2.45, 2.75) is 32.0 Å². The second-order valence-corrected chi connectivity index (χ2v) is 5.00. The van der Waals surface area contributed by atoms with E-state index in [2.05, 4.69) is 4.90 Å². The summed E-state index contributed by atoms with van der Waals surface area (Å²) < 4.78 is 25.0. The van der Waals surface area contributed by atoms with Crippen molar-refractivity contribution in [3.63, 3.8) is 0 Å². The van der Waals surface area contributed by atoms with Gasteiger partial charge in [0, 0.05) is 6.04 Å². The van der Waals surface area contributed by atoms with Crippen LogP contribution in [0.15, 0.2) is 18.2 Å². The van der Waals surface area contributed by atoms with Gasteiger partial charge in [0.05, 0.1) is 0 Å². The first kappa shape index (κ1) is 11.8. The Morgan fingerprint density at radius 1 is 1.17 bits per heavy atom. The molecule has 4 heteroatoms. The molecule has 2 aliphatic rings. The third-order valence-electron chi connectivity index (χ3n) is 3.86. The van der Waals surface area contributed by atoms with Crippen LogP contribution in [-0.2, 0) is 0 Å². The minimum Gasteiger partial charge on any atom is -0.454 e. The molecule has 1 aromatic carbocycles. The number of halogens is 1. The molecule has 0 saturated carbocycles. The minimum atomic E-state index is -0.974. The topological polar surface area (TPSA) is 21.7 Å². The highest BCUT2D eigenvalue weighted by Gasteiger charge is 2.28. The van der Waals surface area contributed by atoms with Crippen molar-refractivity contribution in [3.05, 3.63) is 23.8 Å². The lowest BCUT2D eigenvalue weighted by atomic mass is 10.0. The molecule has 3 rings (SSSR count). The summed E-state index contributed by atoms with van der Waals surface area (Å²) in [7, 11) is 0. The summed E-state index contributed by atoms with van der Waals surface area (Å²) in [5.74, 6) is 1.36. The third-order valence-corrected chi connectivity index (χ3v) is 3.86. The van der Waals surface area contributed by atoms with Gasteiger partial charge < -0.3 is 9.47 Å². The summed E-state index contributed by atoms with van der Waals surface area (Å²) >= 11 is 0. The molecule has 2 aliphatic heterocycles. The first-order valence-electron chi connectivity index (χ1n) is 6.53. The van der Waals surface area contributed by atoms with E-state index < -0.39 is 6.17 Å². The molecule has 0 spiro atoms. The van der Waals surface area contributed by atoms with Crippen molar-refractivity contribution in [2.24, 2.45) is 0 Å². The summed E-state index contributed by atoms with van der Waals surface area (Å²) in [6, 6.07) is 5.28. The Bertz CT molecular complexity index is 432. The number of rotatable bonds is 3. The van der Waals surface area contributed by atoms with Crippen molar-refractivity contribution in [1.29, 1.82) is 0 Å². The van der Waals surface area contributed by atoms with Crippen molar-refractivity contribution in [1.82, 2.24) is 4.90 Å². The maximum atomic E-state index is 14.5. The molecule has 3 nitrogen and oxygen atoms in total. The highest BCUT2D eigenvalue weighted by atomic mass is 19.1. The number of hydrogen-bond donors (Lipinski definition) is 0. The van der Waals surface area contributed by atoms with Gasteiger partial charge in [-0.15, -0.1) is 0 Å². The van der Waals surface area contributed by atoms with Crippen LogP contribution in [-0.4, -0.2) is 30.8 Å². The predicted octanol–water partition coefficient (Wildman–Crippen LogP) is 2.91. The van der Waals surface area contributed by atoms with E-state index in [1.807, 2.05) is 6.92 Å².